The Morgan fingerprint density at radius 3 is 3.09 bits per heavy atom. The monoisotopic (exact) mass is 316 g/mol. The van der Waals surface area contributed by atoms with E-state index in [4.69, 9.17) is 21.6 Å². The van der Waals surface area contributed by atoms with Crippen LogP contribution in [0, 0.1) is 11.3 Å². The van der Waals surface area contributed by atoms with Gasteiger partial charge in [-0.05, 0) is 17.7 Å². The summed E-state index contributed by atoms with van der Waals surface area (Å²) in [5.74, 6) is 0. The van der Waals surface area contributed by atoms with Crippen molar-refractivity contribution in [3.8, 4) is 6.07 Å². The lowest BCUT2D eigenvalue weighted by atomic mass is 10.0. The van der Waals surface area contributed by atoms with Crippen LogP contribution in [-0.4, -0.2) is 34.4 Å². The van der Waals surface area contributed by atoms with Crippen LogP contribution in [0.3, 0.4) is 0 Å². The van der Waals surface area contributed by atoms with E-state index >= 15 is 0 Å². The maximum absolute atomic E-state index is 9.02. The highest BCUT2D eigenvalue weighted by Gasteiger charge is 2.23. The lowest BCUT2D eigenvalue weighted by molar-refractivity contribution is -0.0335. The van der Waals surface area contributed by atoms with Crippen LogP contribution in [0.2, 0.25) is 5.02 Å². The van der Waals surface area contributed by atoms with Crippen molar-refractivity contribution in [3.63, 3.8) is 0 Å². The molecule has 3 rings (SSSR count). The number of ether oxygens (including phenoxy) is 1. The molecule has 1 atom stereocenters. The van der Waals surface area contributed by atoms with Crippen molar-refractivity contribution in [3.05, 3.63) is 52.3 Å². The minimum atomic E-state index is -0.0194. The second-order valence-electron chi connectivity index (χ2n) is 5.39. The van der Waals surface area contributed by atoms with Crippen LogP contribution in [0.4, 0.5) is 0 Å². The van der Waals surface area contributed by atoms with Crippen molar-refractivity contribution in [2.45, 2.75) is 12.6 Å². The summed E-state index contributed by atoms with van der Waals surface area (Å²) in [7, 11) is 1.90. The molecule has 1 aromatic carbocycles. The van der Waals surface area contributed by atoms with Gasteiger partial charge in [-0.2, -0.15) is 10.4 Å². The van der Waals surface area contributed by atoms with E-state index in [0.29, 0.717) is 17.2 Å². The molecule has 0 aliphatic carbocycles. The first-order valence-corrected chi connectivity index (χ1v) is 7.55. The summed E-state index contributed by atoms with van der Waals surface area (Å²) in [5.41, 5.74) is 2.71. The molecule has 0 amide bonds. The Hall–Kier alpha value is -1.87. The molecular formula is C16H17ClN4O. The van der Waals surface area contributed by atoms with Gasteiger partial charge >= 0.3 is 0 Å². The highest BCUT2D eigenvalue weighted by Crippen LogP contribution is 2.25. The van der Waals surface area contributed by atoms with Crippen LogP contribution in [0.15, 0.2) is 30.5 Å². The minimum absolute atomic E-state index is 0.0194. The summed E-state index contributed by atoms with van der Waals surface area (Å²) in [5, 5.41) is 13.9. The van der Waals surface area contributed by atoms with Gasteiger partial charge in [-0.15, -0.1) is 0 Å². The molecular weight excluding hydrogens is 300 g/mol. The Morgan fingerprint density at radius 2 is 2.36 bits per heavy atom. The highest BCUT2D eigenvalue weighted by molar-refractivity contribution is 6.31. The van der Waals surface area contributed by atoms with E-state index in [1.165, 1.54) is 0 Å². The van der Waals surface area contributed by atoms with Crippen molar-refractivity contribution < 1.29 is 4.74 Å². The largest absolute Gasteiger partial charge is 0.371 e. The molecule has 22 heavy (non-hydrogen) atoms. The molecule has 1 aromatic heterocycles. The Morgan fingerprint density at radius 1 is 1.50 bits per heavy atom. The molecule has 0 saturated carbocycles. The molecule has 1 fully saturated rings. The molecule has 2 aromatic rings. The number of nitriles is 1. The first-order valence-electron chi connectivity index (χ1n) is 7.18. The van der Waals surface area contributed by atoms with E-state index in [2.05, 4.69) is 16.1 Å². The third kappa shape index (κ3) is 3.14. The summed E-state index contributed by atoms with van der Waals surface area (Å²) in [4.78, 5) is 2.30. The minimum Gasteiger partial charge on any atom is -0.371 e. The zero-order valence-electron chi connectivity index (χ0n) is 12.4. The average molecular weight is 317 g/mol. The van der Waals surface area contributed by atoms with Crippen molar-refractivity contribution >= 4 is 11.6 Å². The lowest BCUT2D eigenvalue weighted by Gasteiger charge is -2.33. The summed E-state index contributed by atoms with van der Waals surface area (Å²) < 4.78 is 7.68. The molecule has 1 aliphatic heterocycles. The fourth-order valence-electron chi connectivity index (χ4n) is 2.68. The van der Waals surface area contributed by atoms with Gasteiger partial charge in [-0.3, -0.25) is 9.58 Å². The van der Waals surface area contributed by atoms with Crippen LogP contribution in [0.1, 0.15) is 22.9 Å². The number of benzene rings is 1. The zero-order valence-corrected chi connectivity index (χ0v) is 13.1. The van der Waals surface area contributed by atoms with Gasteiger partial charge in [0.1, 0.15) is 0 Å². The number of aromatic nitrogens is 2. The van der Waals surface area contributed by atoms with E-state index in [-0.39, 0.29) is 6.10 Å². The van der Waals surface area contributed by atoms with Gasteiger partial charge in [0.2, 0.25) is 0 Å². The van der Waals surface area contributed by atoms with Gasteiger partial charge < -0.3 is 4.74 Å². The van der Waals surface area contributed by atoms with Gasteiger partial charge in [0.05, 0.1) is 41.3 Å². The number of hydrogen-bond acceptors (Lipinski definition) is 4. The number of morpholine rings is 1. The van der Waals surface area contributed by atoms with Gasteiger partial charge in [0, 0.05) is 26.7 Å². The van der Waals surface area contributed by atoms with E-state index in [0.717, 1.165) is 30.9 Å². The fraction of sp³-hybridized carbons (Fsp3) is 0.375. The molecule has 5 nitrogen and oxygen atoms in total. The quantitative estimate of drug-likeness (QED) is 0.873. The van der Waals surface area contributed by atoms with Gasteiger partial charge in [-0.25, -0.2) is 0 Å². The van der Waals surface area contributed by atoms with Gasteiger partial charge in [-0.1, -0.05) is 23.7 Å². The zero-order chi connectivity index (χ0) is 15.5. The van der Waals surface area contributed by atoms with E-state index in [1.54, 1.807) is 12.3 Å². The highest BCUT2D eigenvalue weighted by atomic mass is 35.5. The van der Waals surface area contributed by atoms with Gasteiger partial charge in [0.25, 0.3) is 0 Å². The van der Waals surface area contributed by atoms with Crippen LogP contribution in [0.5, 0.6) is 0 Å². The molecule has 1 unspecified atom stereocenters. The van der Waals surface area contributed by atoms with Crippen molar-refractivity contribution in [2.75, 3.05) is 19.7 Å². The lowest BCUT2D eigenvalue weighted by Crippen LogP contribution is -2.38. The molecule has 1 saturated heterocycles. The van der Waals surface area contributed by atoms with Crippen molar-refractivity contribution in [1.29, 1.82) is 5.26 Å². The Labute approximate surface area is 134 Å². The van der Waals surface area contributed by atoms with Crippen LogP contribution < -0.4 is 0 Å². The number of nitrogens with zero attached hydrogens (tertiary/aromatic N) is 4. The first kappa shape index (κ1) is 15.0. The molecule has 0 spiro atoms. The van der Waals surface area contributed by atoms with Crippen LogP contribution >= 0.6 is 11.6 Å². The second kappa shape index (κ2) is 6.49. The summed E-state index contributed by atoms with van der Waals surface area (Å²) >= 11 is 6.18. The molecule has 2 heterocycles. The fourth-order valence-corrected chi connectivity index (χ4v) is 2.91. The number of aryl methyl sites for hydroxylation is 1. The van der Waals surface area contributed by atoms with Crippen LogP contribution in [0.25, 0.3) is 0 Å². The number of halogens is 1. The maximum Gasteiger partial charge on any atom is 0.0991 e. The summed E-state index contributed by atoms with van der Waals surface area (Å²) in [6.07, 6.45) is 1.65. The number of hydrogen-bond donors (Lipinski definition) is 0. The molecule has 1 aliphatic rings. The maximum atomic E-state index is 9.02. The van der Waals surface area contributed by atoms with E-state index in [9.17, 15) is 0 Å². The summed E-state index contributed by atoms with van der Waals surface area (Å²) in [6, 6.07) is 9.77. The standard InChI is InChI=1S/C16H17ClN4O/c1-20-15(14(17)9-19-20)10-21-5-6-22-16(11-21)13-4-2-3-12(7-13)8-18/h2-4,7,9,16H,5-6,10-11H2,1H3. The molecule has 114 valence electrons. The normalized spacial score (nSPS) is 19.0. The Kier molecular flexibility index (Phi) is 4.44. The first-order chi connectivity index (χ1) is 10.7. The Balaban J connectivity index is 1.73. The van der Waals surface area contributed by atoms with Crippen LogP contribution in [-0.2, 0) is 18.3 Å². The van der Waals surface area contributed by atoms with Gasteiger partial charge in [0.15, 0.2) is 0 Å². The smallest absolute Gasteiger partial charge is 0.0991 e. The average Bonchev–Trinajstić information content (AvgIpc) is 2.87. The molecule has 0 radical (unpaired) electrons. The Bertz CT molecular complexity index is 687. The summed E-state index contributed by atoms with van der Waals surface area (Å²) in [6.45, 7) is 3.04. The molecule has 6 heteroatoms. The number of rotatable bonds is 3. The SMILES string of the molecule is Cn1ncc(Cl)c1CN1CCOC(c2cccc(C#N)c2)C1. The molecule has 0 bridgehead atoms. The molecule has 0 N–H and O–H groups in total. The van der Waals surface area contributed by atoms with Crippen molar-refractivity contribution in [2.24, 2.45) is 7.05 Å². The predicted molar refractivity (Wildman–Crippen MR) is 83.3 cm³/mol. The van der Waals surface area contributed by atoms with E-state index in [1.807, 2.05) is 29.9 Å². The topological polar surface area (TPSA) is 54.1 Å². The second-order valence-corrected chi connectivity index (χ2v) is 5.80. The third-order valence-electron chi connectivity index (χ3n) is 3.92. The van der Waals surface area contributed by atoms with E-state index < -0.39 is 0 Å². The third-order valence-corrected chi connectivity index (χ3v) is 4.24. The van der Waals surface area contributed by atoms with Crippen molar-refractivity contribution in [1.82, 2.24) is 14.7 Å². The predicted octanol–water partition coefficient (Wildman–Crippen LogP) is 2.52.